The van der Waals surface area contributed by atoms with Gasteiger partial charge < -0.3 is 14.7 Å². The molecule has 34 heavy (non-hydrogen) atoms. The Morgan fingerprint density at radius 2 is 1.97 bits per heavy atom. The average molecular weight is 475 g/mol. The van der Waals surface area contributed by atoms with E-state index in [9.17, 15) is 18.4 Å². The van der Waals surface area contributed by atoms with E-state index in [2.05, 4.69) is 29.2 Å². The van der Waals surface area contributed by atoms with Crippen molar-refractivity contribution >= 4 is 11.8 Å². The first-order valence-electron chi connectivity index (χ1n) is 11.7. The lowest BCUT2D eigenvalue weighted by molar-refractivity contribution is -0.136. The van der Waals surface area contributed by atoms with Crippen molar-refractivity contribution in [2.75, 3.05) is 27.2 Å². The zero-order valence-corrected chi connectivity index (χ0v) is 20.1. The molecule has 3 atom stereocenters. The van der Waals surface area contributed by atoms with E-state index >= 15 is 0 Å². The summed E-state index contributed by atoms with van der Waals surface area (Å²) >= 11 is 0. The zero-order valence-electron chi connectivity index (χ0n) is 20.1. The molecular formula is C25H32F2N4O3. The second-order valence-corrected chi connectivity index (χ2v) is 10.5. The summed E-state index contributed by atoms with van der Waals surface area (Å²) in [6.45, 7) is 5.96. The third kappa shape index (κ3) is 5.14. The van der Waals surface area contributed by atoms with Gasteiger partial charge in [0.25, 0.3) is 5.91 Å². The number of likely N-dealkylation sites (tertiary alicyclic amines) is 1. The fourth-order valence-corrected chi connectivity index (χ4v) is 5.22. The van der Waals surface area contributed by atoms with Gasteiger partial charge in [-0.25, -0.2) is 8.78 Å². The van der Waals surface area contributed by atoms with Gasteiger partial charge >= 0.3 is 0 Å². The van der Waals surface area contributed by atoms with Gasteiger partial charge in [-0.2, -0.15) is 0 Å². The molecule has 9 heteroatoms. The van der Waals surface area contributed by atoms with Gasteiger partial charge in [0, 0.05) is 51.4 Å². The van der Waals surface area contributed by atoms with Crippen LogP contribution in [-0.4, -0.2) is 66.0 Å². The molecule has 0 spiro atoms. The largest absolute Gasteiger partial charge is 0.355 e. The number of carbonyl (C=O) groups is 2. The summed E-state index contributed by atoms with van der Waals surface area (Å²) < 4.78 is 32.4. The van der Waals surface area contributed by atoms with E-state index in [-0.39, 0.29) is 34.9 Å². The minimum Gasteiger partial charge on any atom is -0.355 e. The molecule has 2 amide bonds. The van der Waals surface area contributed by atoms with Gasteiger partial charge in [-0.3, -0.25) is 14.5 Å². The number of amides is 2. The van der Waals surface area contributed by atoms with Crippen molar-refractivity contribution in [2.45, 2.75) is 51.6 Å². The first kappa shape index (κ1) is 24.3. The number of aromatic nitrogens is 1. The first-order chi connectivity index (χ1) is 16.0. The fourth-order valence-electron chi connectivity index (χ4n) is 5.22. The maximum atomic E-state index is 14.1. The zero-order chi connectivity index (χ0) is 24.6. The summed E-state index contributed by atoms with van der Waals surface area (Å²) in [5.74, 6) is -2.37. The van der Waals surface area contributed by atoms with Crippen molar-refractivity contribution in [2.24, 2.45) is 11.3 Å². The van der Waals surface area contributed by atoms with E-state index in [1.807, 2.05) is 0 Å². The molecule has 1 aromatic heterocycles. The molecule has 1 aliphatic carbocycles. The molecule has 1 N–H and O–H groups in total. The second kappa shape index (κ2) is 9.44. The van der Waals surface area contributed by atoms with Crippen LogP contribution in [0.5, 0.6) is 0 Å². The van der Waals surface area contributed by atoms with Gasteiger partial charge in [0.05, 0.1) is 11.5 Å². The van der Waals surface area contributed by atoms with Gasteiger partial charge in [0.1, 0.15) is 11.6 Å². The van der Waals surface area contributed by atoms with Crippen LogP contribution < -0.4 is 5.32 Å². The van der Waals surface area contributed by atoms with Crippen LogP contribution in [0.2, 0.25) is 0 Å². The quantitative estimate of drug-likeness (QED) is 0.715. The highest BCUT2D eigenvalue weighted by Gasteiger charge is 2.41. The van der Waals surface area contributed by atoms with Gasteiger partial charge in [0.15, 0.2) is 11.5 Å². The Kier molecular flexibility index (Phi) is 6.75. The number of hydrogen-bond donors (Lipinski definition) is 1. The second-order valence-electron chi connectivity index (χ2n) is 10.5. The monoisotopic (exact) mass is 474 g/mol. The molecule has 2 fully saturated rings. The van der Waals surface area contributed by atoms with Gasteiger partial charge in [-0.05, 0) is 43.2 Å². The molecule has 7 nitrogen and oxygen atoms in total. The van der Waals surface area contributed by atoms with Crippen LogP contribution in [0.3, 0.4) is 0 Å². The Hall–Kier alpha value is -2.81. The minimum atomic E-state index is -0.804. The smallest absolute Gasteiger partial charge is 0.273 e. The molecule has 4 rings (SSSR count). The van der Waals surface area contributed by atoms with Crippen LogP contribution in [0.1, 0.15) is 50.0 Å². The van der Waals surface area contributed by atoms with Crippen LogP contribution in [-0.2, 0) is 4.79 Å². The van der Waals surface area contributed by atoms with E-state index < -0.39 is 17.5 Å². The normalized spacial score (nSPS) is 24.7. The van der Waals surface area contributed by atoms with Gasteiger partial charge in [-0.15, -0.1) is 0 Å². The maximum absolute atomic E-state index is 14.1. The fraction of sp³-hybridized carbons (Fsp3) is 0.560. The molecule has 1 saturated carbocycles. The molecule has 0 radical (unpaired) electrons. The summed E-state index contributed by atoms with van der Waals surface area (Å²) in [6, 6.07) is 4.51. The Bertz CT molecular complexity index is 1070. The molecule has 1 unspecified atom stereocenters. The van der Waals surface area contributed by atoms with Crippen molar-refractivity contribution in [1.29, 1.82) is 0 Å². The van der Waals surface area contributed by atoms with E-state index in [4.69, 9.17) is 4.52 Å². The van der Waals surface area contributed by atoms with Crippen LogP contribution in [0.25, 0.3) is 11.3 Å². The number of benzene rings is 1. The lowest BCUT2D eigenvalue weighted by atomic mass is 9.88. The van der Waals surface area contributed by atoms with Crippen LogP contribution >= 0.6 is 0 Å². The third-order valence-electron chi connectivity index (χ3n) is 7.12. The predicted octanol–water partition coefficient (Wildman–Crippen LogP) is 3.71. The predicted molar refractivity (Wildman–Crippen MR) is 123 cm³/mol. The average Bonchev–Trinajstić information content (AvgIpc) is 3.40. The summed E-state index contributed by atoms with van der Waals surface area (Å²) in [5.41, 5.74) is 0.307. The van der Waals surface area contributed by atoms with Crippen LogP contribution in [0.15, 0.2) is 28.8 Å². The summed E-state index contributed by atoms with van der Waals surface area (Å²) in [4.78, 5) is 29.9. The number of hydrogen-bond acceptors (Lipinski definition) is 5. The Balaban J connectivity index is 1.47. The molecular weight excluding hydrogens is 442 g/mol. The molecule has 2 aromatic rings. The minimum absolute atomic E-state index is 0.0152. The highest BCUT2D eigenvalue weighted by atomic mass is 19.1. The Morgan fingerprint density at radius 3 is 2.62 bits per heavy atom. The number of rotatable bonds is 5. The first-order valence-corrected chi connectivity index (χ1v) is 11.7. The topological polar surface area (TPSA) is 78.7 Å². The summed E-state index contributed by atoms with van der Waals surface area (Å²) in [7, 11) is 3.44. The lowest BCUT2D eigenvalue weighted by Gasteiger charge is -2.41. The molecule has 0 bridgehead atoms. The van der Waals surface area contributed by atoms with E-state index in [1.54, 1.807) is 19.0 Å². The molecule has 2 aliphatic rings. The number of nitrogens with zero attached hydrogens (tertiary/aromatic N) is 3. The summed E-state index contributed by atoms with van der Waals surface area (Å²) in [6.07, 6.45) is 4.04. The Morgan fingerprint density at radius 1 is 1.21 bits per heavy atom. The lowest BCUT2D eigenvalue weighted by Crippen LogP contribution is -2.57. The number of halogens is 2. The molecule has 1 aliphatic heterocycles. The van der Waals surface area contributed by atoms with E-state index in [1.165, 1.54) is 18.6 Å². The van der Waals surface area contributed by atoms with Crippen molar-refractivity contribution in [3.8, 4) is 11.3 Å². The number of nitrogens with one attached hydrogen (secondary N) is 1. The van der Waals surface area contributed by atoms with Crippen molar-refractivity contribution in [3.05, 3.63) is 41.6 Å². The standard InChI is InChI=1S/C25H32F2N4O3/c1-25(2)9-7-16(13-25)31-10-8-20(18(14-31)24(33)30(3)4)28-23(32)21-12-22(34-29-21)17-6-5-15(26)11-19(17)27/h5-6,11-12,16,18,20H,7-10,13-14H2,1-4H3,(H,28,32)/t16?,18-,20-/m1/s1. The number of carbonyl (C=O) groups excluding carboxylic acids is 2. The maximum Gasteiger partial charge on any atom is 0.273 e. The van der Waals surface area contributed by atoms with Crippen LogP contribution in [0.4, 0.5) is 8.78 Å². The molecule has 184 valence electrons. The van der Waals surface area contributed by atoms with Gasteiger partial charge in [0.2, 0.25) is 5.91 Å². The van der Waals surface area contributed by atoms with E-state index in [0.29, 0.717) is 24.4 Å². The third-order valence-corrected chi connectivity index (χ3v) is 7.12. The SMILES string of the molecule is CN(C)C(=O)[C@@H]1CN(C2CCC(C)(C)C2)CC[C@H]1NC(=O)c1cc(-c2ccc(F)cc2F)on1. The summed E-state index contributed by atoms with van der Waals surface area (Å²) in [5, 5.41) is 6.71. The molecule has 1 saturated heterocycles. The highest BCUT2D eigenvalue weighted by molar-refractivity contribution is 5.94. The van der Waals surface area contributed by atoms with Crippen molar-refractivity contribution in [1.82, 2.24) is 20.3 Å². The Labute approximate surface area is 198 Å². The van der Waals surface area contributed by atoms with Crippen LogP contribution in [0, 0.1) is 23.0 Å². The molecule has 1 aromatic carbocycles. The van der Waals surface area contributed by atoms with Crippen molar-refractivity contribution in [3.63, 3.8) is 0 Å². The van der Waals surface area contributed by atoms with Crippen molar-refractivity contribution < 1.29 is 22.9 Å². The highest BCUT2D eigenvalue weighted by Crippen LogP contribution is 2.40. The number of piperidine rings is 1. The van der Waals surface area contributed by atoms with E-state index in [0.717, 1.165) is 31.5 Å². The molecule has 2 heterocycles. The van der Waals surface area contributed by atoms with Gasteiger partial charge in [-0.1, -0.05) is 19.0 Å².